The first-order valence-electron chi connectivity index (χ1n) is 6.09. The molecule has 0 aliphatic carbocycles. The quantitative estimate of drug-likeness (QED) is 0.927. The van der Waals surface area contributed by atoms with Crippen molar-refractivity contribution in [1.29, 1.82) is 0 Å². The van der Waals surface area contributed by atoms with Crippen LogP contribution in [0.5, 0.6) is 0 Å². The highest BCUT2D eigenvalue weighted by atomic mass is 32.1. The van der Waals surface area contributed by atoms with E-state index in [0.29, 0.717) is 0 Å². The minimum Gasteiger partial charge on any atom is -0.346 e. The third-order valence-corrected chi connectivity index (χ3v) is 4.46. The van der Waals surface area contributed by atoms with Crippen LogP contribution in [-0.4, -0.2) is 21.2 Å². The maximum atomic E-state index is 12.2. The molecule has 1 N–H and O–H groups in total. The molecule has 0 saturated carbocycles. The molecule has 0 fully saturated rings. The van der Waals surface area contributed by atoms with Gasteiger partial charge in [0.05, 0.1) is 10.6 Å². The van der Waals surface area contributed by atoms with Crippen LogP contribution in [0.4, 0.5) is 0 Å². The Morgan fingerprint density at radius 3 is 2.78 bits per heavy atom. The van der Waals surface area contributed by atoms with Crippen molar-refractivity contribution in [2.45, 2.75) is 39.7 Å². The standard InChI is InChI=1S/C13H19N3OS/c1-6-13(3,4)14-11(17)10-7-9-8(2)15-16(5)12(9)18-10/h7H,6H2,1-5H3,(H,14,17). The average molecular weight is 265 g/mol. The lowest BCUT2D eigenvalue weighted by molar-refractivity contribution is 0.0915. The fourth-order valence-electron chi connectivity index (χ4n) is 1.77. The SMILES string of the molecule is CCC(C)(C)NC(=O)c1cc2c(C)nn(C)c2s1. The topological polar surface area (TPSA) is 46.9 Å². The van der Waals surface area contributed by atoms with Crippen molar-refractivity contribution in [1.82, 2.24) is 15.1 Å². The maximum absolute atomic E-state index is 12.2. The molecule has 2 aromatic rings. The largest absolute Gasteiger partial charge is 0.346 e. The molecule has 2 aromatic heterocycles. The summed E-state index contributed by atoms with van der Waals surface area (Å²) in [6.07, 6.45) is 0.907. The smallest absolute Gasteiger partial charge is 0.261 e. The predicted octanol–water partition coefficient (Wildman–Crippen LogP) is 2.86. The predicted molar refractivity (Wildman–Crippen MR) is 75.2 cm³/mol. The van der Waals surface area contributed by atoms with Gasteiger partial charge >= 0.3 is 0 Å². The number of nitrogens with zero attached hydrogens (tertiary/aromatic N) is 2. The van der Waals surface area contributed by atoms with Gasteiger partial charge in [-0.2, -0.15) is 5.10 Å². The fraction of sp³-hybridized carbons (Fsp3) is 0.538. The normalized spacial score (nSPS) is 12.1. The second kappa shape index (κ2) is 4.39. The molecule has 2 rings (SSSR count). The molecule has 0 aliphatic heterocycles. The van der Waals surface area contributed by atoms with Gasteiger partial charge in [-0.05, 0) is 33.3 Å². The van der Waals surface area contributed by atoms with E-state index < -0.39 is 0 Å². The van der Waals surface area contributed by atoms with E-state index in [4.69, 9.17) is 0 Å². The van der Waals surface area contributed by atoms with Gasteiger partial charge in [0.25, 0.3) is 5.91 Å². The summed E-state index contributed by atoms with van der Waals surface area (Å²) in [5.41, 5.74) is 0.804. The van der Waals surface area contributed by atoms with Gasteiger partial charge < -0.3 is 5.32 Å². The zero-order valence-electron chi connectivity index (χ0n) is 11.5. The molecule has 0 bridgehead atoms. The minimum atomic E-state index is -0.166. The maximum Gasteiger partial charge on any atom is 0.261 e. The Morgan fingerprint density at radius 1 is 1.56 bits per heavy atom. The highest BCUT2D eigenvalue weighted by molar-refractivity contribution is 7.20. The van der Waals surface area contributed by atoms with Crippen LogP contribution in [0.1, 0.15) is 42.6 Å². The molecular weight excluding hydrogens is 246 g/mol. The summed E-state index contributed by atoms with van der Waals surface area (Å²) >= 11 is 1.49. The molecule has 1 amide bonds. The van der Waals surface area contributed by atoms with Crippen molar-refractivity contribution in [2.75, 3.05) is 0 Å². The minimum absolute atomic E-state index is 0.00227. The molecule has 0 aliphatic rings. The van der Waals surface area contributed by atoms with Gasteiger partial charge in [0.1, 0.15) is 4.83 Å². The van der Waals surface area contributed by atoms with Gasteiger partial charge in [0.2, 0.25) is 0 Å². The van der Waals surface area contributed by atoms with Crippen LogP contribution in [-0.2, 0) is 7.05 Å². The number of aromatic nitrogens is 2. The second-order valence-corrected chi connectivity index (χ2v) is 6.26. The number of thiophene rings is 1. The number of hydrogen-bond donors (Lipinski definition) is 1. The number of aryl methyl sites for hydroxylation is 2. The Bertz CT molecular complexity index is 560. The first kappa shape index (κ1) is 13.1. The van der Waals surface area contributed by atoms with Crippen molar-refractivity contribution >= 4 is 27.5 Å². The molecule has 98 valence electrons. The lowest BCUT2D eigenvalue weighted by Crippen LogP contribution is -2.42. The lowest BCUT2D eigenvalue weighted by atomic mass is 10.0. The van der Waals surface area contributed by atoms with E-state index in [-0.39, 0.29) is 11.4 Å². The Labute approximate surface area is 111 Å². The highest BCUT2D eigenvalue weighted by Crippen LogP contribution is 2.27. The molecule has 0 spiro atoms. The first-order chi connectivity index (χ1) is 8.34. The molecule has 18 heavy (non-hydrogen) atoms. The summed E-state index contributed by atoms with van der Waals surface area (Å²) in [6.45, 7) is 8.10. The van der Waals surface area contributed by atoms with Gasteiger partial charge in [-0.15, -0.1) is 11.3 Å². The van der Waals surface area contributed by atoms with E-state index in [1.165, 1.54) is 11.3 Å². The van der Waals surface area contributed by atoms with Gasteiger partial charge in [-0.1, -0.05) is 6.92 Å². The number of carbonyl (C=O) groups is 1. The Hall–Kier alpha value is -1.36. The van der Waals surface area contributed by atoms with Crippen LogP contribution in [0.3, 0.4) is 0 Å². The molecule has 2 heterocycles. The molecule has 0 radical (unpaired) electrons. The van der Waals surface area contributed by atoms with E-state index >= 15 is 0 Å². The number of amides is 1. The van der Waals surface area contributed by atoms with Crippen LogP contribution in [0, 0.1) is 6.92 Å². The van der Waals surface area contributed by atoms with E-state index in [9.17, 15) is 4.79 Å². The van der Waals surface area contributed by atoms with Crippen molar-refractivity contribution < 1.29 is 4.79 Å². The summed E-state index contributed by atoms with van der Waals surface area (Å²) < 4.78 is 1.83. The number of hydrogen-bond acceptors (Lipinski definition) is 3. The van der Waals surface area contributed by atoms with E-state index in [2.05, 4.69) is 17.3 Å². The van der Waals surface area contributed by atoms with Crippen molar-refractivity contribution in [3.63, 3.8) is 0 Å². The van der Waals surface area contributed by atoms with Crippen LogP contribution in [0.2, 0.25) is 0 Å². The number of carbonyl (C=O) groups excluding carboxylic acids is 1. The second-order valence-electron chi connectivity index (χ2n) is 5.23. The summed E-state index contributed by atoms with van der Waals surface area (Å²) in [4.78, 5) is 14.0. The van der Waals surface area contributed by atoms with Crippen LogP contribution in [0.15, 0.2) is 6.07 Å². The van der Waals surface area contributed by atoms with Crippen LogP contribution < -0.4 is 5.32 Å². The molecule has 0 unspecified atom stereocenters. The first-order valence-corrected chi connectivity index (χ1v) is 6.91. The molecule has 5 heteroatoms. The van der Waals surface area contributed by atoms with Gasteiger partial charge in [0, 0.05) is 18.0 Å². The Kier molecular flexibility index (Phi) is 3.19. The third kappa shape index (κ3) is 2.27. The fourth-order valence-corrected chi connectivity index (χ4v) is 2.79. The lowest BCUT2D eigenvalue weighted by Gasteiger charge is -2.23. The zero-order chi connectivity index (χ0) is 13.5. The molecule has 0 saturated heterocycles. The van der Waals surface area contributed by atoms with Gasteiger partial charge in [-0.25, -0.2) is 0 Å². The average Bonchev–Trinajstić information content (AvgIpc) is 2.82. The summed E-state index contributed by atoms with van der Waals surface area (Å²) in [5, 5.41) is 8.46. The van der Waals surface area contributed by atoms with Crippen LogP contribution in [0.25, 0.3) is 10.2 Å². The Balaban J connectivity index is 2.32. The Morgan fingerprint density at radius 2 is 2.22 bits per heavy atom. The van der Waals surface area contributed by atoms with Crippen molar-refractivity contribution in [3.05, 3.63) is 16.6 Å². The molecule has 0 aromatic carbocycles. The van der Waals surface area contributed by atoms with Gasteiger partial charge in [0.15, 0.2) is 0 Å². The molecular formula is C13H19N3OS. The highest BCUT2D eigenvalue weighted by Gasteiger charge is 2.21. The zero-order valence-corrected chi connectivity index (χ0v) is 12.3. The van der Waals surface area contributed by atoms with Crippen LogP contribution >= 0.6 is 11.3 Å². The molecule has 4 nitrogen and oxygen atoms in total. The van der Waals surface area contributed by atoms with Crippen molar-refractivity contribution in [2.24, 2.45) is 7.05 Å². The van der Waals surface area contributed by atoms with Gasteiger partial charge in [-0.3, -0.25) is 9.48 Å². The third-order valence-electron chi connectivity index (χ3n) is 3.26. The number of nitrogens with one attached hydrogen (secondary N) is 1. The van der Waals surface area contributed by atoms with E-state index in [1.807, 2.05) is 38.6 Å². The summed E-state index contributed by atoms with van der Waals surface area (Å²) in [6, 6.07) is 1.93. The summed E-state index contributed by atoms with van der Waals surface area (Å²) in [5.74, 6) is 0.00227. The number of rotatable bonds is 3. The number of fused-ring (bicyclic) bond motifs is 1. The van der Waals surface area contributed by atoms with E-state index in [0.717, 1.165) is 27.2 Å². The van der Waals surface area contributed by atoms with Crippen molar-refractivity contribution in [3.8, 4) is 0 Å². The molecule has 0 atom stereocenters. The summed E-state index contributed by atoms with van der Waals surface area (Å²) in [7, 11) is 1.91. The van der Waals surface area contributed by atoms with E-state index in [1.54, 1.807) is 0 Å². The monoisotopic (exact) mass is 265 g/mol.